The Morgan fingerprint density at radius 2 is 2.27 bits per heavy atom. The Balaban J connectivity index is 1.56. The van der Waals surface area contributed by atoms with Crippen LogP contribution in [0.25, 0.3) is 11.0 Å². The molecule has 3 heterocycles. The SMILES string of the molecule is Cc1ccc(Cl)cc1NC(=O)CSc1nc2ncccc2c(=O)n1CC1CCCO1. The average molecular weight is 445 g/mol. The molecule has 1 unspecified atom stereocenters. The number of hydrogen-bond acceptors (Lipinski definition) is 6. The Labute approximate surface area is 182 Å². The van der Waals surface area contributed by atoms with E-state index >= 15 is 0 Å². The fraction of sp³-hybridized carbons (Fsp3) is 0.333. The molecule has 7 nitrogen and oxygen atoms in total. The Bertz CT molecular complexity index is 1140. The number of aromatic nitrogens is 3. The molecule has 9 heteroatoms. The number of carbonyl (C=O) groups excluding carboxylic acids is 1. The summed E-state index contributed by atoms with van der Waals surface area (Å²) in [6.45, 7) is 3.01. The molecule has 0 saturated carbocycles. The van der Waals surface area contributed by atoms with Crippen molar-refractivity contribution in [2.24, 2.45) is 0 Å². The highest BCUT2D eigenvalue weighted by Gasteiger charge is 2.21. The van der Waals surface area contributed by atoms with Crippen LogP contribution in [0.4, 0.5) is 5.69 Å². The van der Waals surface area contributed by atoms with Crippen molar-refractivity contribution in [3.8, 4) is 0 Å². The number of nitrogens with one attached hydrogen (secondary N) is 1. The van der Waals surface area contributed by atoms with Crippen molar-refractivity contribution < 1.29 is 9.53 Å². The zero-order valence-electron chi connectivity index (χ0n) is 16.4. The third kappa shape index (κ3) is 4.66. The molecule has 2 aromatic heterocycles. The molecule has 0 spiro atoms. The lowest BCUT2D eigenvalue weighted by atomic mass is 10.2. The quantitative estimate of drug-likeness (QED) is 0.461. The number of ether oxygens (including phenoxy) is 1. The molecule has 1 aliphatic heterocycles. The van der Waals surface area contributed by atoms with Gasteiger partial charge in [-0.2, -0.15) is 0 Å². The second kappa shape index (κ2) is 9.16. The number of hydrogen-bond donors (Lipinski definition) is 1. The van der Waals surface area contributed by atoms with Gasteiger partial charge in [0.05, 0.1) is 23.8 Å². The van der Waals surface area contributed by atoms with E-state index in [9.17, 15) is 9.59 Å². The van der Waals surface area contributed by atoms with Crippen molar-refractivity contribution in [3.63, 3.8) is 0 Å². The van der Waals surface area contributed by atoms with Crippen molar-refractivity contribution in [1.82, 2.24) is 14.5 Å². The lowest BCUT2D eigenvalue weighted by molar-refractivity contribution is -0.113. The smallest absolute Gasteiger partial charge is 0.263 e. The van der Waals surface area contributed by atoms with Gasteiger partial charge < -0.3 is 10.1 Å². The van der Waals surface area contributed by atoms with Gasteiger partial charge in [0.25, 0.3) is 5.56 Å². The van der Waals surface area contributed by atoms with Crippen LogP contribution in [0.5, 0.6) is 0 Å². The molecule has 0 bridgehead atoms. The summed E-state index contributed by atoms with van der Waals surface area (Å²) < 4.78 is 7.30. The molecule has 0 aliphatic carbocycles. The van der Waals surface area contributed by atoms with Crippen LogP contribution in [0.15, 0.2) is 46.5 Å². The number of fused-ring (bicyclic) bond motifs is 1. The number of rotatable bonds is 6. The van der Waals surface area contributed by atoms with E-state index in [4.69, 9.17) is 16.3 Å². The first-order chi connectivity index (χ1) is 14.5. The minimum absolute atomic E-state index is 0.0269. The van der Waals surface area contributed by atoms with Crippen molar-refractivity contribution in [1.29, 1.82) is 0 Å². The van der Waals surface area contributed by atoms with Gasteiger partial charge in [-0.05, 0) is 49.6 Å². The summed E-state index contributed by atoms with van der Waals surface area (Å²) in [5, 5.41) is 4.33. The Morgan fingerprint density at radius 3 is 3.07 bits per heavy atom. The Kier molecular flexibility index (Phi) is 6.36. The number of nitrogens with zero attached hydrogens (tertiary/aromatic N) is 3. The number of carbonyl (C=O) groups is 1. The molecule has 1 N–H and O–H groups in total. The molecule has 1 amide bonds. The number of amides is 1. The van der Waals surface area contributed by atoms with Gasteiger partial charge in [-0.3, -0.25) is 14.2 Å². The monoisotopic (exact) mass is 444 g/mol. The van der Waals surface area contributed by atoms with E-state index < -0.39 is 0 Å². The van der Waals surface area contributed by atoms with E-state index in [-0.39, 0.29) is 23.3 Å². The highest BCUT2D eigenvalue weighted by molar-refractivity contribution is 7.99. The number of benzene rings is 1. The summed E-state index contributed by atoms with van der Waals surface area (Å²) in [6, 6.07) is 8.77. The van der Waals surface area contributed by atoms with Crippen LogP contribution in [-0.4, -0.2) is 38.9 Å². The Hall–Kier alpha value is -2.42. The van der Waals surface area contributed by atoms with Crippen molar-refractivity contribution in [2.75, 3.05) is 17.7 Å². The number of aryl methyl sites for hydroxylation is 1. The van der Waals surface area contributed by atoms with E-state index in [1.807, 2.05) is 13.0 Å². The van der Waals surface area contributed by atoms with E-state index in [2.05, 4.69) is 15.3 Å². The summed E-state index contributed by atoms with van der Waals surface area (Å²) in [5.41, 5.74) is 1.79. The fourth-order valence-corrected chi connectivity index (χ4v) is 4.31. The normalized spacial score (nSPS) is 16.1. The predicted octanol–water partition coefficient (Wildman–Crippen LogP) is 3.66. The van der Waals surface area contributed by atoms with E-state index in [0.717, 1.165) is 18.4 Å². The molecular weight excluding hydrogens is 424 g/mol. The highest BCUT2D eigenvalue weighted by atomic mass is 35.5. The van der Waals surface area contributed by atoms with Crippen molar-refractivity contribution >= 4 is 46.0 Å². The van der Waals surface area contributed by atoms with Gasteiger partial charge in [0.1, 0.15) is 0 Å². The lowest BCUT2D eigenvalue weighted by Gasteiger charge is -2.16. The van der Waals surface area contributed by atoms with Crippen LogP contribution in [0.2, 0.25) is 5.02 Å². The maximum atomic E-state index is 13.1. The lowest BCUT2D eigenvalue weighted by Crippen LogP contribution is -2.29. The van der Waals surface area contributed by atoms with Gasteiger partial charge in [0.2, 0.25) is 5.91 Å². The molecule has 3 aromatic rings. The van der Waals surface area contributed by atoms with E-state index in [1.54, 1.807) is 35.0 Å². The average Bonchev–Trinajstić information content (AvgIpc) is 3.25. The topological polar surface area (TPSA) is 86.1 Å². The minimum atomic E-state index is -0.204. The summed E-state index contributed by atoms with van der Waals surface area (Å²) in [6.07, 6.45) is 3.45. The zero-order chi connectivity index (χ0) is 21.1. The molecule has 156 valence electrons. The third-order valence-corrected chi connectivity index (χ3v) is 6.12. The van der Waals surface area contributed by atoms with Gasteiger partial charge in [0, 0.05) is 23.5 Å². The van der Waals surface area contributed by atoms with Gasteiger partial charge in [-0.25, -0.2) is 9.97 Å². The van der Waals surface area contributed by atoms with Crippen LogP contribution >= 0.6 is 23.4 Å². The van der Waals surface area contributed by atoms with Gasteiger partial charge in [-0.15, -0.1) is 0 Å². The van der Waals surface area contributed by atoms with Crippen LogP contribution in [0, 0.1) is 6.92 Å². The molecule has 1 aliphatic rings. The summed E-state index contributed by atoms with van der Waals surface area (Å²) in [4.78, 5) is 34.3. The fourth-order valence-electron chi connectivity index (χ4n) is 3.34. The predicted molar refractivity (Wildman–Crippen MR) is 118 cm³/mol. The summed E-state index contributed by atoms with van der Waals surface area (Å²) in [7, 11) is 0. The van der Waals surface area contributed by atoms with Gasteiger partial charge in [-0.1, -0.05) is 29.4 Å². The van der Waals surface area contributed by atoms with E-state index in [0.29, 0.717) is 40.1 Å². The van der Waals surface area contributed by atoms with Crippen LogP contribution in [0.1, 0.15) is 18.4 Å². The molecule has 4 rings (SSSR count). The third-order valence-electron chi connectivity index (χ3n) is 4.91. The summed E-state index contributed by atoms with van der Waals surface area (Å²) >= 11 is 7.23. The molecule has 30 heavy (non-hydrogen) atoms. The first kappa shape index (κ1) is 20.8. The van der Waals surface area contributed by atoms with Crippen LogP contribution in [-0.2, 0) is 16.1 Å². The van der Waals surface area contributed by atoms with Crippen molar-refractivity contribution in [2.45, 2.75) is 37.6 Å². The number of halogens is 1. The molecule has 1 saturated heterocycles. The van der Waals surface area contributed by atoms with Crippen LogP contribution < -0.4 is 10.9 Å². The van der Waals surface area contributed by atoms with Crippen molar-refractivity contribution in [3.05, 3.63) is 57.5 Å². The first-order valence-corrected chi connectivity index (χ1v) is 11.0. The summed E-state index contributed by atoms with van der Waals surface area (Å²) in [5.74, 6) is -0.105. The second-order valence-electron chi connectivity index (χ2n) is 7.12. The molecule has 1 atom stereocenters. The second-order valence-corrected chi connectivity index (χ2v) is 8.49. The molecule has 0 radical (unpaired) electrons. The first-order valence-electron chi connectivity index (χ1n) is 9.67. The Morgan fingerprint density at radius 1 is 1.40 bits per heavy atom. The largest absolute Gasteiger partial charge is 0.376 e. The van der Waals surface area contributed by atoms with Gasteiger partial charge >= 0.3 is 0 Å². The molecule has 1 fully saturated rings. The number of anilines is 1. The molecule has 1 aromatic carbocycles. The minimum Gasteiger partial charge on any atom is -0.376 e. The standard InChI is InChI=1S/C21H21ClN4O3S/c1-13-6-7-14(22)10-17(13)24-18(27)12-30-21-25-19-16(5-2-8-23-19)20(28)26(21)11-15-4-3-9-29-15/h2,5-8,10,15H,3-4,9,11-12H2,1H3,(H,24,27). The van der Waals surface area contributed by atoms with Crippen LogP contribution in [0.3, 0.4) is 0 Å². The zero-order valence-corrected chi connectivity index (χ0v) is 18.0. The maximum absolute atomic E-state index is 13.1. The van der Waals surface area contributed by atoms with Gasteiger partial charge in [0.15, 0.2) is 10.8 Å². The number of thioether (sulfide) groups is 1. The highest BCUT2D eigenvalue weighted by Crippen LogP contribution is 2.23. The molecular formula is C21H21ClN4O3S. The maximum Gasteiger partial charge on any atom is 0.263 e. The number of pyridine rings is 1. The van der Waals surface area contributed by atoms with E-state index in [1.165, 1.54) is 11.8 Å².